The minimum atomic E-state index is -0.0348. The van der Waals surface area contributed by atoms with E-state index in [0.717, 1.165) is 21.8 Å². The maximum atomic E-state index is 12.1. The van der Waals surface area contributed by atoms with Gasteiger partial charge in [-0.25, -0.2) is 0 Å². The van der Waals surface area contributed by atoms with Crippen LogP contribution in [-0.2, 0) is 11.2 Å². The third kappa shape index (κ3) is 4.17. The molecule has 1 amide bonds. The van der Waals surface area contributed by atoms with Crippen molar-refractivity contribution in [3.63, 3.8) is 0 Å². The molecule has 0 fully saturated rings. The van der Waals surface area contributed by atoms with Gasteiger partial charge in [0.25, 0.3) is 0 Å². The summed E-state index contributed by atoms with van der Waals surface area (Å²) in [6, 6.07) is 15.1. The predicted molar refractivity (Wildman–Crippen MR) is 95.3 cm³/mol. The van der Waals surface area contributed by atoms with Gasteiger partial charge in [0, 0.05) is 22.2 Å². The molecule has 0 atom stereocenters. The highest BCUT2D eigenvalue weighted by Crippen LogP contribution is 2.22. The number of hydrogen-bond donors (Lipinski definition) is 1. The van der Waals surface area contributed by atoms with Gasteiger partial charge in [-0.05, 0) is 36.6 Å². The topological polar surface area (TPSA) is 64.1 Å². The first-order valence-electron chi connectivity index (χ1n) is 7.64. The second-order valence-corrected chi connectivity index (χ2v) is 6.11. The summed E-state index contributed by atoms with van der Waals surface area (Å²) in [6.45, 7) is 2.46. The standard InChI is InChI=1S/C18H17N3O2S/c1-2-23-18-9-8-16(20-21-18)13-5-3-6-14(11-13)19-17(22)12-15-7-4-10-24-15/h3-11H,2,12H2,1H3,(H,19,22). The van der Waals surface area contributed by atoms with Gasteiger partial charge in [0.05, 0.1) is 18.7 Å². The summed E-state index contributed by atoms with van der Waals surface area (Å²) in [7, 11) is 0. The zero-order valence-corrected chi connectivity index (χ0v) is 14.0. The number of amides is 1. The number of thiophene rings is 1. The Kier molecular flexibility index (Phi) is 5.18. The van der Waals surface area contributed by atoms with Crippen molar-refractivity contribution in [2.75, 3.05) is 11.9 Å². The Labute approximate surface area is 144 Å². The summed E-state index contributed by atoms with van der Waals surface area (Å²) < 4.78 is 5.29. The van der Waals surface area contributed by atoms with Crippen LogP contribution in [0.4, 0.5) is 5.69 Å². The lowest BCUT2D eigenvalue weighted by molar-refractivity contribution is -0.115. The molecule has 0 aliphatic carbocycles. The summed E-state index contributed by atoms with van der Waals surface area (Å²) in [5.41, 5.74) is 2.36. The molecule has 0 saturated heterocycles. The van der Waals surface area contributed by atoms with Crippen LogP contribution in [0.2, 0.25) is 0 Å². The molecule has 0 radical (unpaired) electrons. The fraction of sp³-hybridized carbons (Fsp3) is 0.167. The monoisotopic (exact) mass is 339 g/mol. The second kappa shape index (κ2) is 7.70. The molecule has 6 heteroatoms. The van der Waals surface area contributed by atoms with Crippen molar-refractivity contribution in [2.45, 2.75) is 13.3 Å². The van der Waals surface area contributed by atoms with E-state index >= 15 is 0 Å². The van der Waals surface area contributed by atoms with Crippen molar-refractivity contribution >= 4 is 22.9 Å². The van der Waals surface area contributed by atoms with E-state index in [4.69, 9.17) is 4.74 Å². The first kappa shape index (κ1) is 16.1. The molecular formula is C18H17N3O2S. The highest BCUT2D eigenvalue weighted by Gasteiger charge is 2.07. The average molecular weight is 339 g/mol. The number of carbonyl (C=O) groups is 1. The SMILES string of the molecule is CCOc1ccc(-c2cccc(NC(=O)Cc3cccs3)c2)nn1. The fourth-order valence-electron chi connectivity index (χ4n) is 2.23. The van der Waals surface area contributed by atoms with Crippen LogP contribution in [0.25, 0.3) is 11.3 Å². The molecule has 122 valence electrons. The molecule has 24 heavy (non-hydrogen) atoms. The largest absolute Gasteiger partial charge is 0.477 e. The van der Waals surface area contributed by atoms with Crippen molar-refractivity contribution in [2.24, 2.45) is 0 Å². The third-order valence-corrected chi connectivity index (χ3v) is 4.17. The lowest BCUT2D eigenvalue weighted by Crippen LogP contribution is -2.13. The second-order valence-electron chi connectivity index (χ2n) is 5.07. The Morgan fingerprint density at radius 1 is 1.17 bits per heavy atom. The molecule has 3 rings (SSSR count). The van der Waals surface area contributed by atoms with Crippen LogP contribution in [0, 0.1) is 0 Å². The number of ether oxygens (including phenoxy) is 1. The van der Waals surface area contributed by atoms with Crippen LogP contribution >= 0.6 is 11.3 Å². The molecular weight excluding hydrogens is 322 g/mol. The van der Waals surface area contributed by atoms with Crippen molar-refractivity contribution < 1.29 is 9.53 Å². The fourth-order valence-corrected chi connectivity index (χ4v) is 2.94. The summed E-state index contributed by atoms with van der Waals surface area (Å²) in [5.74, 6) is 0.467. The number of rotatable bonds is 6. The van der Waals surface area contributed by atoms with Crippen molar-refractivity contribution in [3.8, 4) is 17.1 Å². The van der Waals surface area contributed by atoms with Gasteiger partial charge < -0.3 is 10.1 Å². The Bertz CT molecular complexity index is 801. The molecule has 0 saturated carbocycles. The van der Waals surface area contributed by atoms with Crippen LogP contribution in [-0.4, -0.2) is 22.7 Å². The van der Waals surface area contributed by atoms with Gasteiger partial charge in [0.15, 0.2) is 0 Å². The molecule has 0 aliphatic rings. The molecule has 1 aromatic carbocycles. The molecule has 0 bridgehead atoms. The number of hydrogen-bond acceptors (Lipinski definition) is 5. The Hall–Kier alpha value is -2.73. The van der Waals surface area contributed by atoms with Crippen molar-refractivity contribution in [1.29, 1.82) is 0 Å². The molecule has 2 aromatic heterocycles. The van der Waals surface area contributed by atoms with Gasteiger partial charge in [0.2, 0.25) is 11.8 Å². The van der Waals surface area contributed by atoms with Gasteiger partial charge in [-0.15, -0.1) is 21.5 Å². The van der Waals surface area contributed by atoms with E-state index < -0.39 is 0 Å². The lowest BCUT2D eigenvalue weighted by Gasteiger charge is -2.07. The van der Waals surface area contributed by atoms with E-state index in [1.807, 2.05) is 54.8 Å². The summed E-state index contributed by atoms with van der Waals surface area (Å²) >= 11 is 1.58. The van der Waals surface area contributed by atoms with E-state index in [2.05, 4.69) is 15.5 Å². The highest BCUT2D eigenvalue weighted by molar-refractivity contribution is 7.10. The minimum absolute atomic E-state index is 0.0348. The highest BCUT2D eigenvalue weighted by atomic mass is 32.1. The van der Waals surface area contributed by atoms with Gasteiger partial charge in [-0.3, -0.25) is 4.79 Å². The van der Waals surface area contributed by atoms with Gasteiger partial charge in [-0.1, -0.05) is 18.2 Å². The van der Waals surface area contributed by atoms with Crippen molar-refractivity contribution in [1.82, 2.24) is 10.2 Å². The van der Waals surface area contributed by atoms with Crippen LogP contribution in [0.5, 0.6) is 5.88 Å². The summed E-state index contributed by atoms with van der Waals surface area (Å²) in [4.78, 5) is 13.1. The van der Waals surface area contributed by atoms with E-state index in [1.165, 1.54) is 0 Å². The molecule has 0 aliphatic heterocycles. The summed E-state index contributed by atoms with van der Waals surface area (Å²) in [6.07, 6.45) is 0.380. The van der Waals surface area contributed by atoms with E-state index in [-0.39, 0.29) is 5.91 Å². The lowest BCUT2D eigenvalue weighted by atomic mass is 10.1. The average Bonchev–Trinajstić information content (AvgIpc) is 3.09. The predicted octanol–water partition coefficient (Wildman–Crippen LogP) is 3.79. The third-order valence-electron chi connectivity index (χ3n) is 3.29. The molecule has 3 aromatic rings. The first-order chi connectivity index (χ1) is 11.7. The maximum absolute atomic E-state index is 12.1. The van der Waals surface area contributed by atoms with E-state index in [9.17, 15) is 4.79 Å². The zero-order chi connectivity index (χ0) is 16.8. The molecule has 0 unspecified atom stereocenters. The van der Waals surface area contributed by atoms with Crippen LogP contribution in [0.1, 0.15) is 11.8 Å². The molecule has 5 nitrogen and oxygen atoms in total. The Morgan fingerprint density at radius 3 is 2.79 bits per heavy atom. The van der Waals surface area contributed by atoms with Crippen molar-refractivity contribution in [3.05, 3.63) is 58.8 Å². The minimum Gasteiger partial charge on any atom is -0.477 e. The quantitative estimate of drug-likeness (QED) is 0.742. The molecule has 2 heterocycles. The Balaban J connectivity index is 1.70. The van der Waals surface area contributed by atoms with Crippen LogP contribution in [0.15, 0.2) is 53.9 Å². The van der Waals surface area contributed by atoms with Gasteiger partial charge in [0.1, 0.15) is 0 Å². The van der Waals surface area contributed by atoms with E-state index in [1.54, 1.807) is 17.4 Å². The number of carbonyl (C=O) groups excluding carboxylic acids is 1. The summed E-state index contributed by atoms with van der Waals surface area (Å²) in [5, 5.41) is 13.1. The Morgan fingerprint density at radius 2 is 2.08 bits per heavy atom. The number of benzene rings is 1. The zero-order valence-electron chi connectivity index (χ0n) is 13.2. The molecule has 1 N–H and O–H groups in total. The van der Waals surface area contributed by atoms with Crippen LogP contribution in [0.3, 0.4) is 0 Å². The first-order valence-corrected chi connectivity index (χ1v) is 8.52. The molecule has 0 spiro atoms. The number of aromatic nitrogens is 2. The number of nitrogens with zero attached hydrogens (tertiary/aromatic N) is 2. The number of anilines is 1. The smallest absolute Gasteiger partial charge is 0.233 e. The maximum Gasteiger partial charge on any atom is 0.233 e. The number of nitrogens with one attached hydrogen (secondary N) is 1. The van der Waals surface area contributed by atoms with Gasteiger partial charge in [-0.2, -0.15) is 0 Å². The normalized spacial score (nSPS) is 10.4. The van der Waals surface area contributed by atoms with Crippen LogP contribution < -0.4 is 10.1 Å². The van der Waals surface area contributed by atoms with Gasteiger partial charge >= 0.3 is 0 Å². The van der Waals surface area contributed by atoms with E-state index in [0.29, 0.717) is 18.9 Å².